The Hall–Kier alpha value is -1.86. The molecule has 1 fully saturated rings. The van der Waals surface area contributed by atoms with Crippen LogP contribution in [0, 0.1) is 24.1 Å². The van der Waals surface area contributed by atoms with E-state index in [-0.39, 0.29) is 23.3 Å². The summed E-state index contributed by atoms with van der Waals surface area (Å²) in [7, 11) is 1.39. The minimum absolute atomic E-state index is 0.0511. The lowest BCUT2D eigenvalue weighted by molar-refractivity contribution is -0.151. The fourth-order valence-corrected chi connectivity index (χ4v) is 2.05. The van der Waals surface area contributed by atoms with E-state index in [1.54, 1.807) is 6.07 Å². The van der Waals surface area contributed by atoms with Crippen LogP contribution in [0.1, 0.15) is 11.1 Å². The summed E-state index contributed by atoms with van der Waals surface area (Å²) in [4.78, 5) is 13.3. The molecule has 1 heterocycles. The molecule has 18 heavy (non-hydrogen) atoms. The fourth-order valence-electron chi connectivity index (χ4n) is 2.05. The molecule has 94 valence electrons. The number of nitrogens with zero attached hydrogens (tertiary/aromatic N) is 1. The number of carbonyl (C=O) groups is 1. The van der Waals surface area contributed by atoms with Gasteiger partial charge in [0.15, 0.2) is 0 Å². The van der Waals surface area contributed by atoms with Crippen LogP contribution in [-0.2, 0) is 16.1 Å². The molecule has 0 atom stereocenters. The van der Waals surface area contributed by atoms with E-state index in [4.69, 9.17) is 6.42 Å². The highest BCUT2D eigenvalue weighted by Gasteiger charge is 2.33. The Morgan fingerprint density at radius 1 is 1.61 bits per heavy atom. The van der Waals surface area contributed by atoms with Gasteiger partial charge in [-0.3, -0.25) is 9.69 Å². The molecule has 0 bridgehead atoms. The highest BCUT2D eigenvalue weighted by molar-refractivity contribution is 5.73. The molecule has 0 saturated carbocycles. The van der Waals surface area contributed by atoms with Crippen LogP contribution in [0.3, 0.4) is 0 Å². The molecule has 1 aromatic rings. The van der Waals surface area contributed by atoms with Gasteiger partial charge in [0.1, 0.15) is 5.82 Å². The third-order valence-corrected chi connectivity index (χ3v) is 3.09. The average molecular weight is 247 g/mol. The molecule has 0 unspecified atom stereocenters. The molecule has 1 aliphatic heterocycles. The van der Waals surface area contributed by atoms with Crippen molar-refractivity contribution in [1.29, 1.82) is 0 Å². The minimum Gasteiger partial charge on any atom is -0.469 e. The van der Waals surface area contributed by atoms with Crippen molar-refractivity contribution in [1.82, 2.24) is 4.90 Å². The Morgan fingerprint density at radius 3 is 2.89 bits per heavy atom. The van der Waals surface area contributed by atoms with E-state index in [2.05, 4.69) is 15.6 Å². The number of halogens is 1. The van der Waals surface area contributed by atoms with Gasteiger partial charge in [0.05, 0.1) is 18.6 Å². The maximum Gasteiger partial charge on any atom is 0.311 e. The third-order valence-electron chi connectivity index (χ3n) is 3.09. The van der Waals surface area contributed by atoms with E-state index in [1.807, 2.05) is 6.07 Å². The largest absolute Gasteiger partial charge is 0.469 e. The number of likely N-dealkylation sites (tertiary alicyclic amines) is 1. The molecule has 0 radical (unpaired) electrons. The summed E-state index contributed by atoms with van der Waals surface area (Å²) >= 11 is 0. The van der Waals surface area contributed by atoms with Crippen molar-refractivity contribution in [2.45, 2.75) is 6.54 Å². The topological polar surface area (TPSA) is 29.5 Å². The predicted molar refractivity (Wildman–Crippen MR) is 65.1 cm³/mol. The Labute approximate surface area is 106 Å². The second-order valence-electron chi connectivity index (χ2n) is 4.37. The molecule has 1 saturated heterocycles. The van der Waals surface area contributed by atoms with Crippen LogP contribution in [0.4, 0.5) is 4.39 Å². The molecule has 4 heteroatoms. The van der Waals surface area contributed by atoms with Gasteiger partial charge in [-0.05, 0) is 17.7 Å². The van der Waals surface area contributed by atoms with Crippen molar-refractivity contribution in [3.05, 3.63) is 35.1 Å². The zero-order valence-corrected chi connectivity index (χ0v) is 10.1. The number of carbonyl (C=O) groups excluding carboxylic acids is 1. The monoisotopic (exact) mass is 247 g/mol. The molecular weight excluding hydrogens is 233 g/mol. The van der Waals surface area contributed by atoms with Crippen LogP contribution < -0.4 is 0 Å². The van der Waals surface area contributed by atoms with E-state index in [0.717, 1.165) is 5.56 Å². The normalized spacial score (nSPS) is 15.8. The lowest BCUT2D eigenvalue weighted by atomic mass is 9.99. The molecule has 0 aromatic heterocycles. The van der Waals surface area contributed by atoms with Crippen molar-refractivity contribution >= 4 is 5.97 Å². The van der Waals surface area contributed by atoms with Gasteiger partial charge in [0.2, 0.25) is 0 Å². The molecule has 3 nitrogen and oxygen atoms in total. The first-order chi connectivity index (χ1) is 8.63. The number of hydrogen-bond acceptors (Lipinski definition) is 3. The molecule has 0 N–H and O–H groups in total. The first-order valence-electron chi connectivity index (χ1n) is 5.69. The second-order valence-corrected chi connectivity index (χ2v) is 4.37. The van der Waals surface area contributed by atoms with Crippen molar-refractivity contribution in [3.63, 3.8) is 0 Å². The van der Waals surface area contributed by atoms with Gasteiger partial charge in [-0.25, -0.2) is 4.39 Å². The summed E-state index contributed by atoms with van der Waals surface area (Å²) in [5, 5.41) is 0. The van der Waals surface area contributed by atoms with E-state index >= 15 is 0 Å². The fraction of sp³-hybridized carbons (Fsp3) is 0.357. The maximum atomic E-state index is 13.4. The molecule has 0 amide bonds. The van der Waals surface area contributed by atoms with Crippen molar-refractivity contribution in [3.8, 4) is 12.3 Å². The molecule has 2 rings (SSSR count). The van der Waals surface area contributed by atoms with Crippen LogP contribution in [0.15, 0.2) is 18.2 Å². The quantitative estimate of drug-likeness (QED) is 0.597. The first kappa shape index (κ1) is 12.6. The summed E-state index contributed by atoms with van der Waals surface area (Å²) < 4.78 is 18.1. The van der Waals surface area contributed by atoms with Crippen LogP contribution in [0.2, 0.25) is 0 Å². The maximum absolute atomic E-state index is 13.4. The summed E-state index contributed by atoms with van der Waals surface area (Å²) in [5.41, 5.74) is 1.13. The van der Waals surface area contributed by atoms with Gasteiger partial charge >= 0.3 is 5.97 Å². The molecular formula is C14H14FNO2. The number of esters is 1. The van der Waals surface area contributed by atoms with Gasteiger partial charge in [0.25, 0.3) is 0 Å². The van der Waals surface area contributed by atoms with Crippen molar-refractivity contribution < 1.29 is 13.9 Å². The van der Waals surface area contributed by atoms with Crippen molar-refractivity contribution in [2.75, 3.05) is 20.2 Å². The molecule has 0 aliphatic carbocycles. The van der Waals surface area contributed by atoms with Gasteiger partial charge in [-0.2, -0.15) is 0 Å². The Bertz CT molecular complexity index is 501. The summed E-state index contributed by atoms with van der Waals surface area (Å²) in [6.07, 6.45) is 5.15. The van der Waals surface area contributed by atoms with Crippen LogP contribution in [0.25, 0.3) is 0 Å². The number of methoxy groups -OCH3 is 1. The number of ether oxygens (including phenoxy) is 1. The van der Waals surface area contributed by atoms with Crippen LogP contribution >= 0.6 is 0 Å². The van der Waals surface area contributed by atoms with E-state index in [9.17, 15) is 9.18 Å². The Morgan fingerprint density at radius 2 is 2.33 bits per heavy atom. The van der Waals surface area contributed by atoms with E-state index in [1.165, 1.54) is 13.2 Å². The predicted octanol–water partition coefficient (Wildman–Crippen LogP) is 1.41. The Kier molecular flexibility index (Phi) is 3.63. The van der Waals surface area contributed by atoms with E-state index in [0.29, 0.717) is 19.6 Å². The Balaban J connectivity index is 1.91. The SMILES string of the molecule is C#Cc1ccc(CN2CC(C(=O)OC)C2)cc1F. The average Bonchev–Trinajstić information content (AvgIpc) is 2.32. The highest BCUT2D eigenvalue weighted by atomic mass is 19.1. The smallest absolute Gasteiger partial charge is 0.311 e. The lowest BCUT2D eigenvalue weighted by Crippen LogP contribution is -2.49. The molecule has 0 spiro atoms. The van der Waals surface area contributed by atoms with Crippen molar-refractivity contribution in [2.24, 2.45) is 5.92 Å². The summed E-state index contributed by atoms with van der Waals surface area (Å²) in [6, 6.07) is 4.85. The van der Waals surface area contributed by atoms with Crippen LogP contribution in [0.5, 0.6) is 0 Å². The number of terminal acetylenes is 1. The minimum atomic E-state index is -0.375. The van der Waals surface area contributed by atoms with Gasteiger partial charge in [-0.1, -0.05) is 12.0 Å². The first-order valence-corrected chi connectivity index (χ1v) is 5.69. The highest BCUT2D eigenvalue weighted by Crippen LogP contribution is 2.20. The van der Waals surface area contributed by atoms with Gasteiger partial charge in [0, 0.05) is 19.6 Å². The number of rotatable bonds is 3. The standard InChI is InChI=1S/C14H14FNO2/c1-3-11-5-4-10(6-13(11)15)7-16-8-12(9-16)14(17)18-2/h1,4-6,12H,7-9H2,2H3. The van der Waals surface area contributed by atoms with Gasteiger partial charge < -0.3 is 4.74 Å². The summed E-state index contributed by atoms with van der Waals surface area (Å²) in [5.74, 6) is 1.68. The number of benzene rings is 1. The zero-order chi connectivity index (χ0) is 13.1. The lowest BCUT2D eigenvalue weighted by Gasteiger charge is -2.37. The van der Waals surface area contributed by atoms with Crippen LogP contribution in [-0.4, -0.2) is 31.1 Å². The third kappa shape index (κ3) is 2.52. The second kappa shape index (κ2) is 5.19. The zero-order valence-electron chi connectivity index (χ0n) is 10.1. The number of hydrogen-bond donors (Lipinski definition) is 0. The molecule has 1 aromatic carbocycles. The van der Waals surface area contributed by atoms with E-state index < -0.39 is 0 Å². The summed E-state index contributed by atoms with van der Waals surface area (Å²) in [6.45, 7) is 1.94. The van der Waals surface area contributed by atoms with Gasteiger partial charge in [-0.15, -0.1) is 6.42 Å². The molecule has 1 aliphatic rings.